The van der Waals surface area contributed by atoms with Crippen LogP contribution in [0.2, 0.25) is 0 Å². The predicted octanol–water partition coefficient (Wildman–Crippen LogP) is 3.50. The first-order valence-corrected chi connectivity index (χ1v) is 11.3. The van der Waals surface area contributed by atoms with Gasteiger partial charge in [0.25, 0.3) is 5.89 Å². The molecule has 0 fully saturated rings. The normalized spacial score (nSPS) is 11.6. The molecule has 0 bridgehead atoms. The fourth-order valence-electron chi connectivity index (χ4n) is 2.76. The van der Waals surface area contributed by atoms with E-state index < -0.39 is 22.5 Å². The van der Waals surface area contributed by atoms with E-state index in [0.717, 1.165) is 16.7 Å². The summed E-state index contributed by atoms with van der Waals surface area (Å²) in [6, 6.07) is 12.6. The van der Waals surface area contributed by atoms with Crippen LogP contribution < -0.4 is 4.72 Å². The van der Waals surface area contributed by atoms with Crippen LogP contribution >= 0.6 is 0 Å². The molecule has 1 heterocycles. The molecule has 0 saturated heterocycles. The first-order valence-electron chi connectivity index (χ1n) is 9.81. The van der Waals surface area contributed by atoms with Crippen LogP contribution in [0.3, 0.4) is 0 Å². The SMILES string of the molecule is Cc1ccc(S(=O)(=O)NCC(=O)OCc2nc(-c3ccc(C(C)C)cc3)no2)cc1C. The van der Waals surface area contributed by atoms with Gasteiger partial charge in [-0.1, -0.05) is 49.3 Å². The molecule has 0 spiro atoms. The molecule has 1 N–H and O–H groups in total. The monoisotopic (exact) mass is 443 g/mol. The average molecular weight is 444 g/mol. The number of sulfonamides is 1. The van der Waals surface area contributed by atoms with Crippen molar-refractivity contribution in [2.24, 2.45) is 0 Å². The molecule has 2 aromatic carbocycles. The molecule has 8 nitrogen and oxygen atoms in total. The Hall–Kier alpha value is -3.04. The minimum Gasteiger partial charge on any atom is -0.455 e. The number of aromatic nitrogens is 2. The highest BCUT2D eigenvalue weighted by Gasteiger charge is 2.17. The molecule has 0 aliphatic rings. The van der Waals surface area contributed by atoms with E-state index >= 15 is 0 Å². The molecule has 3 aromatic rings. The van der Waals surface area contributed by atoms with Gasteiger partial charge in [0, 0.05) is 5.56 Å². The van der Waals surface area contributed by atoms with Crippen LogP contribution in [-0.4, -0.2) is 31.1 Å². The number of nitrogens with one attached hydrogen (secondary N) is 1. The predicted molar refractivity (Wildman–Crippen MR) is 115 cm³/mol. The maximum Gasteiger partial charge on any atom is 0.321 e. The van der Waals surface area contributed by atoms with Crippen LogP contribution in [-0.2, 0) is 26.2 Å². The number of hydrogen-bond acceptors (Lipinski definition) is 7. The van der Waals surface area contributed by atoms with Crippen molar-refractivity contribution in [2.45, 2.75) is 45.1 Å². The van der Waals surface area contributed by atoms with E-state index in [1.165, 1.54) is 11.6 Å². The zero-order valence-corrected chi connectivity index (χ0v) is 18.7. The van der Waals surface area contributed by atoms with E-state index in [1.807, 2.05) is 38.1 Å². The van der Waals surface area contributed by atoms with Gasteiger partial charge in [-0.05, 0) is 48.6 Å². The molecular formula is C22H25N3O5S. The molecule has 0 atom stereocenters. The second-order valence-corrected chi connectivity index (χ2v) is 9.29. The Kier molecular flexibility index (Phi) is 6.87. The zero-order valence-electron chi connectivity index (χ0n) is 17.9. The summed E-state index contributed by atoms with van der Waals surface area (Å²) in [6.45, 7) is 7.17. The molecule has 3 rings (SSSR count). The lowest BCUT2D eigenvalue weighted by atomic mass is 10.0. The van der Waals surface area contributed by atoms with Gasteiger partial charge in [0.15, 0.2) is 6.61 Å². The quantitative estimate of drug-likeness (QED) is 0.530. The third kappa shape index (κ3) is 5.77. The molecule has 164 valence electrons. The van der Waals surface area contributed by atoms with Gasteiger partial charge in [-0.25, -0.2) is 8.42 Å². The Labute approximate surface area is 181 Å². The van der Waals surface area contributed by atoms with Gasteiger partial charge in [-0.2, -0.15) is 9.71 Å². The second kappa shape index (κ2) is 9.40. The molecule has 31 heavy (non-hydrogen) atoms. The van der Waals surface area contributed by atoms with E-state index in [-0.39, 0.29) is 17.4 Å². The molecule has 0 aliphatic heterocycles. The Bertz CT molecular complexity index is 1170. The number of rotatable bonds is 8. The van der Waals surface area contributed by atoms with E-state index in [9.17, 15) is 13.2 Å². The van der Waals surface area contributed by atoms with Crippen molar-refractivity contribution in [3.05, 3.63) is 65.0 Å². The van der Waals surface area contributed by atoms with Crippen LogP contribution in [0.25, 0.3) is 11.4 Å². The zero-order chi connectivity index (χ0) is 22.6. The summed E-state index contributed by atoms with van der Waals surface area (Å²) in [5, 5.41) is 3.89. The molecule has 0 unspecified atom stereocenters. The lowest BCUT2D eigenvalue weighted by Gasteiger charge is -2.08. The van der Waals surface area contributed by atoms with E-state index in [0.29, 0.717) is 11.7 Å². The van der Waals surface area contributed by atoms with Crippen LogP contribution in [0, 0.1) is 13.8 Å². The standard InChI is InChI=1S/C22H25N3O5S/c1-14(2)17-6-8-18(9-7-17)22-24-20(30-25-22)13-29-21(26)12-23-31(27,28)19-10-5-15(3)16(4)11-19/h5-11,14,23H,12-13H2,1-4H3. The maximum absolute atomic E-state index is 12.3. The number of benzene rings is 2. The Morgan fingerprint density at radius 2 is 1.81 bits per heavy atom. The van der Waals surface area contributed by atoms with Crippen molar-refractivity contribution < 1.29 is 22.5 Å². The fourth-order valence-corrected chi connectivity index (χ4v) is 3.81. The number of carbonyl (C=O) groups is 1. The number of carbonyl (C=O) groups excluding carboxylic acids is 1. The van der Waals surface area contributed by atoms with E-state index in [1.54, 1.807) is 12.1 Å². The maximum atomic E-state index is 12.3. The number of aryl methyl sites for hydroxylation is 2. The number of nitrogens with zero attached hydrogens (tertiary/aromatic N) is 2. The first kappa shape index (κ1) is 22.6. The lowest BCUT2D eigenvalue weighted by molar-refractivity contribution is -0.144. The van der Waals surface area contributed by atoms with Crippen molar-refractivity contribution in [1.29, 1.82) is 0 Å². The molecular weight excluding hydrogens is 418 g/mol. The van der Waals surface area contributed by atoms with Gasteiger partial charge >= 0.3 is 5.97 Å². The summed E-state index contributed by atoms with van der Waals surface area (Å²) in [5.41, 5.74) is 3.81. The molecule has 9 heteroatoms. The molecule has 0 saturated carbocycles. The van der Waals surface area contributed by atoms with Gasteiger partial charge < -0.3 is 9.26 Å². The summed E-state index contributed by atoms with van der Waals surface area (Å²) in [4.78, 5) is 16.3. The first-order chi connectivity index (χ1) is 14.7. The van der Waals surface area contributed by atoms with Gasteiger partial charge in [0.2, 0.25) is 15.8 Å². The van der Waals surface area contributed by atoms with Gasteiger partial charge in [0.1, 0.15) is 6.54 Å². The van der Waals surface area contributed by atoms with Crippen LogP contribution in [0.15, 0.2) is 51.9 Å². The summed E-state index contributed by atoms with van der Waals surface area (Å²) in [5.74, 6) is 0.167. The number of ether oxygens (including phenoxy) is 1. The molecule has 0 aliphatic carbocycles. The van der Waals surface area contributed by atoms with E-state index in [2.05, 4.69) is 28.7 Å². The Balaban J connectivity index is 1.53. The summed E-state index contributed by atoms with van der Waals surface area (Å²) >= 11 is 0. The average Bonchev–Trinajstić information content (AvgIpc) is 3.22. The summed E-state index contributed by atoms with van der Waals surface area (Å²) in [7, 11) is -3.82. The molecule has 1 aromatic heterocycles. The van der Waals surface area contributed by atoms with Gasteiger partial charge in [-0.15, -0.1) is 0 Å². The second-order valence-electron chi connectivity index (χ2n) is 7.52. The van der Waals surface area contributed by atoms with Crippen LogP contribution in [0.4, 0.5) is 0 Å². The number of hydrogen-bond donors (Lipinski definition) is 1. The Morgan fingerprint density at radius 1 is 1.10 bits per heavy atom. The largest absolute Gasteiger partial charge is 0.455 e. The fraction of sp³-hybridized carbons (Fsp3) is 0.318. The van der Waals surface area contributed by atoms with Crippen molar-refractivity contribution in [3.8, 4) is 11.4 Å². The topological polar surface area (TPSA) is 111 Å². The highest BCUT2D eigenvalue weighted by molar-refractivity contribution is 7.89. The molecule has 0 amide bonds. The van der Waals surface area contributed by atoms with E-state index in [4.69, 9.17) is 9.26 Å². The highest BCUT2D eigenvalue weighted by atomic mass is 32.2. The van der Waals surface area contributed by atoms with Gasteiger partial charge in [-0.3, -0.25) is 4.79 Å². The van der Waals surface area contributed by atoms with Crippen molar-refractivity contribution in [2.75, 3.05) is 6.54 Å². The van der Waals surface area contributed by atoms with Crippen molar-refractivity contribution in [3.63, 3.8) is 0 Å². The Morgan fingerprint density at radius 3 is 2.45 bits per heavy atom. The van der Waals surface area contributed by atoms with Crippen molar-refractivity contribution >= 4 is 16.0 Å². The lowest BCUT2D eigenvalue weighted by Crippen LogP contribution is -2.30. The number of esters is 1. The summed E-state index contributed by atoms with van der Waals surface area (Å²) in [6.07, 6.45) is 0. The van der Waals surface area contributed by atoms with Crippen LogP contribution in [0.5, 0.6) is 0 Å². The summed E-state index contributed by atoms with van der Waals surface area (Å²) < 4.78 is 37.1. The van der Waals surface area contributed by atoms with Gasteiger partial charge in [0.05, 0.1) is 4.90 Å². The smallest absolute Gasteiger partial charge is 0.321 e. The molecule has 0 radical (unpaired) electrons. The third-order valence-electron chi connectivity index (χ3n) is 4.86. The minimum atomic E-state index is -3.82. The minimum absolute atomic E-state index is 0.0911. The third-order valence-corrected chi connectivity index (χ3v) is 6.25. The van der Waals surface area contributed by atoms with Crippen LogP contribution in [0.1, 0.15) is 42.3 Å². The highest BCUT2D eigenvalue weighted by Crippen LogP contribution is 2.20. The van der Waals surface area contributed by atoms with Crippen molar-refractivity contribution in [1.82, 2.24) is 14.9 Å².